The van der Waals surface area contributed by atoms with Gasteiger partial charge in [0.25, 0.3) is 0 Å². The molecule has 1 aliphatic rings. The summed E-state index contributed by atoms with van der Waals surface area (Å²) in [6.07, 6.45) is -2.35. The Balaban J connectivity index is 2.56. The lowest BCUT2D eigenvalue weighted by molar-refractivity contribution is -0.145. The standard InChI is InChI=1S/C4H6O4/c5-2-1-8-4(7)3(2)6/h2-3,5-6H,1H2/t2-,3?/m0/s1. The van der Waals surface area contributed by atoms with Crippen LogP contribution in [0.3, 0.4) is 0 Å². The number of esters is 1. The second-order valence-corrected chi connectivity index (χ2v) is 1.64. The van der Waals surface area contributed by atoms with Gasteiger partial charge in [-0.15, -0.1) is 0 Å². The minimum atomic E-state index is -1.32. The predicted octanol–water partition coefficient (Wildman–Crippen LogP) is -1.74. The molecule has 2 N–H and O–H groups in total. The topological polar surface area (TPSA) is 66.8 Å². The molecule has 1 fully saturated rings. The van der Waals surface area contributed by atoms with Crippen LogP contribution in [-0.2, 0) is 9.53 Å². The van der Waals surface area contributed by atoms with Gasteiger partial charge in [0, 0.05) is 0 Å². The number of carbonyl (C=O) groups excluding carboxylic acids is 1. The molecule has 0 spiro atoms. The zero-order valence-electron chi connectivity index (χ0n) is 4.07. The van der Waals surface area contributed by atoms with E-state index in [1.165, 1.54) is 0 Å². The van der Waals surface area contributed by atoms with Gasteiger partial charge in [-0.05, 0) is 0 Å². The van der Waals surface area contributed by atoms with Gasteiger partial charge >= 0.3 is 5.97 Å². The molecule has 0 aliphatic carbocycles. The van der Waals surface area contributed by atoms with Crippen LogP contribution in [0.5, 0.6) is 0 Å². The molecule has 1 rings (SSSR count). The Labute approximate surface area is 45.7 Å². The van der Waals surface area contributed by atoms with E-state index < -0.39 is 18.2 Å². The fourth-order valence-electron chi connectivity index (χ4n) is 0.501. The maximum Gasteiger partial charge on any atom is 0.337 e. The summed E-state index contributed by atoms with van der Waals surface area (Å²) in [5.41, 5.74) is 0. The molecule has 0 saturated carbocycles. The van der Waals surface area contributed by atoms with Crippen molar-refractivity contribution < 1.29 is 19.7 Å². The van der Waals surface area contributed by atoms with E-state index in [0.29, 0.717) is 0 Å². The van der Waals surface area contributed by atoms with E-state index >= 15 is 0 Å². The van der Waals surface area contributed by atoms with Gasteiger partial charge in [-0.2, -0.15) is 0 Å². The van der Waals surface area contributed by atoms with E-state index in [2.05, 4.69) is 4.74 Å². The molecule has 1 saturated heterocycles. The quantitative estimate of drug-likeness (QED) is 0.371. The van der Waals surface area contributed by atoms with E-state index in [1.54, 1.807) is 0 Å². The summed E-state index contributed by atoms with van der Waals surface area (Å²) in [4.78, 5) is 10.2. The average molecular weight is 118 g/mol. The normalized spacial score (nSPS) is 37.5. The van der Waals surface area contributed by atoms with Gasteiger partial charge in [0.1, 0.15) is 12.7 Å². The van der Waals surface area contributed by atoms with Gasteiger partial charge in [0.05, 0.1) is 0 Å². The fraction of sp³-hybridized carbons (Fsp3) is 0.750. The molecule has 46 valence electrons. The molecule has 0 bridgehead atoms. The van der Waals surface area contributed by atoms with Crippen LogP contribution < -0.4 is 0 Å². The number of carbonyl (C=O) groups is 1. The van der Waals surface area contributed by atoms with Crippen molar-refractivity contribution in [1.82, 2.24) is 0 Å². The number of ether oxygens (including phenoxy) is 1. The number of cyclic esters (lactones) is 1. The molecule has 2 atom stereocenters. The SMILES string of the molecule is O=C1OC[C@H](O)C1O. The third-order valence-corrected chi connectivity index (χ3v) is 1.00. The van der Waals surface area contributed by atoms with Crippen molar-refractivity contribution in [3.05, 3.63) is 0 Å². The van der Waals surface area contributed by atoms with E-state index in [9.17, 15) is 4.79 Å². The maximum absolute atomic E-state index is 10.2. The van der Waals surface area contributed by atoms with Crippen LogP contribution in [0.15, 0.2) is 0 Å². The highest BCUT2D eigenvalue weighted by Crippen LogP contribution is 2.05. The van der Waals surface area contributed by atoms with Crippen molar-refractivity contribution in [2.24, 2.45) is 0 Å². The third kappa shape index (κ3) is 0.677. The van der Waals surface area contributed by atoms with Crippen molar-refractivity contribution in [3.63, 3.8) is 0 Å². The molecule has 1 heterocycles. The second-order valence-electron chi connectivity index (χ2n) is 1.64. The summed E-state index contributed by atoms with van der Waals surface area (Å²) >= 11 is 0. The van der Waals surface area contributed by atoms with Gasteiger partial charge in [-0.1, -0.05) is 0 Å². The molecule has 0 aromatic heterocycles. The van der Waals surface area contributed by atoms with Crippen LogP contribution >= 0.6 is 0 Å². The first-order chi connectivity index (χ1) is 3.72. The summed E-state index contributed by atoms with van der Waals surface area (Å²) in [6.45, 7) is -0.0833. The fourth-order valence-corrected chi connectivity index (χ4v) is 0.501. The summed E-state index contributed by atoms with van der Waals surface area (Å²) in [6, 6.07) is 0. The first-order valence-electron chi connectivity index (χ1n) is 2.24. The largest absolute Gasteiger partial charge is 0.461 e. The Morgan fingerprint density at radius 1 is 1.62 bits per heavy atom. The van der Waals surface area contributed by atoms with E-state index in [4.69, 9.17) is 10.2 Å². The van der Waals surface area contributed by atoms with E-state index in [1.807, 2.05) is 0 Å². The van der Waals surface area contributed by atoms with Gasteiger partial charge in [0.15, 0.2) is 6.10 Å². The van der Waals surface area contributed by atoms with Gasteiger partial charge in [-0.25, -0.2) is 4.79 Å². The van der Waals surface area contributed by atoms with Crippen LogP contribution in [-0.4, -0.2) is 35.0 Å². The van der Waals surface area contributed by atoms with Crippen molar-refractivity contribution in [1.29, 1.82) is 0 Å². The number of aliphatic hydroxyl groups is 2. The Hall–Kier alpha value is -0.610. The Bertz CT molecular complexity index is 111. The first-order valence-corrected chi connectivity index (χ1v) is 2.24. The Morgan fingerprint density at radius 3 is 2.38 bits per heavy atom. The van der Waals surface area contributed by atoms with Crippen LogP contribution in [0.2, 0.25) is 0 Å². The molecule has 8 heavy (non-hydrogen) atoms. The van der Waals surface area contributed by atoms with Crippen LogP contribution in [0.25, 0.3) is 0 Å². The highest BCUT2D eigenvalue weighted by Gasteiger charge is 2.33. The summed E-state index contributed by atoms with van der Waals surface area (Å²) in [5, 5.41) is 17.1. The molecular weight excluding hydrogens is 112 g/mol. The van der Waals surface area contributed by atoms with Crippen molar-refractivity contribution in [3.8, 4) is 0 Å². The highest BCUT2D eigenvalue weighted by atomic mass is 16.6. The van der Waals surface area contributed by atoms with Crippen molar-refractivity contribution in [2.75, 3.05) is 6.61 Å². The minimum absolute atomic E-state index is 0.0833. The summed E-state index contributed by atoms with van der Waals surface area (Å²) < 4.78 is 4.24. The molecule has 0 radical (unpaired) electrons. The Kier molecular flexibility index (Phi) is 1.19. The van der Waals surface area contributed by atoms with Crippen LogP contribution in [0, 0.1) is 0 Å². The lowest BCUT2D eigenvalue weighted by Gasteiger charge is -1.97. The monoisotopic (exact) mass is 118 g/mol. The predicted molar refractivity (Wildman–Crippen MR) is 23.0 cm³/mol. The number of hydrogen-bond donors (Lipinski definition) is 2. The second kappa shape index (κ2) is 1.72. The van der Waals surface area contributed by atoms with Crippen LogP contribution in [0.1, 0.15) is 0 Å². The van der Waals surface area contributed by atoms with Gasteiger partial charge in [-0.3, -0.25) is 0 Å². The molecular formula is C4H6O4. The van der Waals surface area contributed by atoms with Gasteiger partial charge in [0.2, 0.25) is 0 Å². The lowest BCUT2D eigenvalue weighted by Crippen LogP contribution is -2.25. The molecule has 0 aromatic carbocycles. The first kappa shape index (κ1) is 5.53. The molecule has 0 amide bonds. The summed E-state index contributed by atoms with van der Waals surface area (Å²) in [7, 11) is 0. The number of aliphatic hydroxyl groups excluding tert-OH is 2. The average Bonchev–Trinajstić information content (AvgIpc) is 1.98. The zero-order chi connectivity index (χ0) is 6.15. The highest BCUT2D eigenvalue weighted by molar-refractivity contribution is 5.77. The van der Waals surface area contributed by atoms with E-state index in [0.717, 1.165) is 0 Å². The van der Waals surface area contributed by atoms with Crippen molar-refractivity contribution in [2.45, 2.75) is 12.2 Å². The smallest absolute Gasteiger partial charge is 0.337 e. The molecule has 1 aliphatic heterocycles. The zero-order valence-corrected chi connectivity index (χ0v) is 4.07. The molecule has 4 nitrogen and oxygen atoms in total. The van der Waals surface area contributed by atoms with Crippen molar-refractivity contribution >= 4 is 5.97 Å². The number of hydrogen-bond acceptors (Lipinski definition) is 4. The van der Waals surface area contributed by atoms with Crippen LogP contribution in [0.4, 0.5) is 0 Å². The number of rotatable bonds is 0. The minimum Gasteiger partial charge on any atom is -0.461 e. The maximum atomic E-state index is 10.2. The third-order valence-electron chi connectivity index (χ3n) is 1.00. The molecule has 4 heteroatoms. The summed E-state index contributed by atoms with van der Waals surface area (Å²) in [5.74, 6) is -0.738. The lowest BCUT2D eigenvalue weighted by atomic mass is 10.3. The molecule has 0 aromatic rings. The van der Waals surface area contributed by atoms with E-state index in [-0.39, 0.29) is 6.61 Å². The Morgan fingerprint density at radius 2 is 2.25 bits per heavy atom. The van der Waals surface area contributed by atoms with Gasteiger partial charge < -0.3 is 14.9 Å². The molecule has 1 unspecified atom stereocenters.